The monoisotopic (exact) mass is 224 g/mol. The van der Waals surface area contributed by atoms with Crippen LogP contribution < -0.4 is 0 Å². The van der Waals surface area contributed by atoms with Crippen LogP contribution in [0.5, 0.6) is 0 Å². The summed E-state index contributed by atoms with van der Waals surface area (Å²) in [4.78, 5) is 11.0. The summed E-state index contributed by atoms with van der Waals surface area (Å²) >= 11 is 0. The summed E-state index contributed by atoms with van der Waals surface area (Å²) in [5, 5.41) is 0. The molecule has 0 radical (unpaired) electrons. The second kappa shape index (κ2) is 7.48. The molecule has 2 heteroatoms. The number of rotatable bonds is 6. The zero-order valence-corrected chi connectivity index (χ0v) is 10.4. The van der Waals surface area contributed by atoms with Gasteiger partial charge in [-0.05, 0) is 31.6 Å². The second-order valence-corrected chi connectivity index (χ2v) is 4.78. The molecule has 0 aromatic rings. The molecule has 2 nitrogen and oxygen atoms in total. The van der Waals surface area contributed by atoms with Crippen LogP contribution in [0.4, 0.5) is 0 Å². The topological polar surface area (TPSA) is 26.3 Å². The van der Waals surface area contributed by atoms with Crippen molar-refractivity contribution in [2.75, 3.05) is 0 Å². The lowest BCUT2D eigenvalue weighted by Gasteiger charge is -2.28. The molecule has 0 aromatic heterocycles. The average molecular weight is 224 g/mol. The Balaban J connectivity index is 2.13. The van der Waals surface area contributed by atoms with Crippen LogP contribution in [0.15, 0.2) is 12.7 Å². The number of unbranched alkanes of at least 4 members (excludes halogenated alkanes) is 2. The van der Waals surface area contributed by atoms with Crippen molar-refractivity contribution in [2.45, 2.75) is 64.4 Å². The third-order valence-electron chi connectivity index (χ3n) is 3.46. The summed E-state index contributed by atoms with van der Waals surface area (Å²) in [6.07, 6.45) is 11.3. The molecule has 1 aliphatic carbocycles. The van der Waals surface area contributed by atoms with E-state index in [-0.39, 0.29) is 12.1 Å². The molecule has 0 aromatic carbocycles. The van der Waals surface area contributed by atoms with Gasteiger partial charge in [0.15, 0.2) is 0 Å². The number of carbonyl (C=O) groups is 1. The predicted octanol–water partition coefficient (Wildman–Crippen LogP) is 3.85. The van der Waals surface area contributed by atoms with Gasteiger partial charge in [-0.2, -0.15) is 0 Å². The van der Waals surface area contributed by atoms with E-state index < -0.39 is 0 Å². The van der Waals surface area contributed by atoms with Crippen LogP contribution in [0.3, 0.4) is 0 Å². The maximum atomic E-state index is 11.0. The molecule has 0 unspecified atom stereocenters. The van der Waals surface area contributed by atoms with Crippen LogP contribution in [0.1, 0.15) is 58.3 Å². The van der Waals surface area contributed by atoms with Gasteiger partial charge < -0.3 is 4.74 Å². The maximum Gasteiger partial charge on any atom is 0.330 e. The minimum atomic E-state index is -0.269. The van der Waals surface area contributed by atoms with Crippen molar-refractivity contribution in [3.05, 3.63) is 12.7 Å². The molecular formula is C14H24O2. The van der Waals surface area contributed by atoms with Gasteiger partial charge in [-0.3, -0.25) is 0 Å². The fraction of sp³-hybridized carbons (Fsp3) is 0.786. The van der Waals surface area contributed by atoms with Gasteiger partial charge in [-0.1, -0.05) is 39.2 Å². The minimum absolute atomic E-state index is 0.146. The first-order chi connectivity index (χ1) is 7.76. The first-order valence-electron chi connectivity index (χ1n) is 6.59. The molecule has 0 saturated heterocycles. The van der Waals surface area contributed by atoms with Crippen molar-refractivity contribution in [2.24, 2.45) is 5.92 Å². The van der Waals surface area contributed by atoms with Crippen molar-refractivity contribution in [1.82, 2.24) is 0 Å². The summed E-state index contributed by atoms with van der Waals surface area (Å²) in [6.45, 7) is 5.66. The fourth-order valence-electron chi connectivity index (χ4n) is 2.43. The molecular weight excluding hydrogens is 200 g/mol. The smallest absolute Gasteiger partial charge is 0.330 e. The largest absolute Gasteiger partial charge is 0.459 e. The lowest BCUT2D eigenvalue weighted by molar-refractivity contribution is -0.144. The Morgan fingerprint density at radius 3 is 2.56 bits per heavy atom. The average Bonchev–Trinajstić information content (AvgIpc) is 2.31. The fourth-order valence-corrected chi connectivity index (χ4v) is 2.43. The van der Waals surface area contributed by atoms with E-state index in [1.165, 1.54) is 44.6 Å². The zero-order valence-electron chi connectivity index (χ0n) is 10.4. The molecule has 1 rings (SSSR count). The van der Waals surface area contributed by atoms with E-state index in [4.69, 9.17) is 4.74 Å². The highest BCUT2D eigenvalue weighted by Crippen LogP contribution is 2.29. The molecule has 0 atom stereocenters. The Hall–Kier alpha value is -0.790. The van der Waals surface area contributed by atoms with Gasteiger partial charge in [0.2, 0.25) is 0 Å². The van der Waals surface area contributed by atoms with Crippen molar-refractivity contribution in [3.63, 3.8) is 0 Å². The third kappa shape index (κ3) is 4.82. The molecule has 92 valence electrons. The van der Waals surface area contributed by atoms with Crippen LogP contribution in [0.25, 0.3) is 0 Å². The molecule has 1 fully saturated rings. The van der Waals surface area contributed by atoms with Crippen LogP contribution in [0, 0.1) is 5.92 Å². The van der Waals surface area contributed by atoms with E-state index in [2.05, 4.69) is 13.5 Å². The standard InChI is InChI=1S/C14H24O2/c1-3-5-6-7-12-8-10-13(11-9-12)16-14(15)4-2/h4,12-13H,2-3,5-11H2,1H3. The van der Waals surface area contributed by atoms with Gasteiger partial charge in [0.25, 0.3) is 0 Å². The van der Waals surface area contributed by atoms with E-state index in [1.807, 2.05) is 0 Å². The Morgan fingerprint density at radius 2 is 2.00 bits per heavy atom. The van der Waals surface area contributed by atoms with E-state index in [9.17, 15) is 4.79 Å². The summed E-state index contributed by atoms with van der Waals surface area (Å²) < 4.78 is 5.26. The quantitative estimate of drug-likeness (QED) is 0.389. The van der Waals surface area contributed by atoms with Crippen molar-refractivity contribution in [3.8, 4) is 0 Å². The normalized spacial score (nSPS) is 25.1. The van der Waals surface area contributed by atoms with E-state index >= 15 is 0 Å². The lowest BCUT2D eigenvalue weighted by atomic mass is 9.84. The first kappa shape index (κ1) is 13.3. The van der Waals surface area contributed by atoms with E-state index in [0.717, 1.165) is 18.8 Å². The Morgan fingerprint density at radius 1 is 1.31 bits per heavy atom. The molecule has 0 aliphatic heterocycles. The molecule has 0 bridgehead atoms. The number of ether oxygens (including phenoxy) is 1. The molecule has 0 N–H and O–H groups in total. The van der Waals surface area contributed by atoms with Gasteiger partial charge in [0.05, 0.1) is 0 Å². The number of hydrogen-bond donors (Lipinski definition) is 0. The zero-order chi connectivity index (χ0) is 11.8. The molecule has 16 heavy (non-hydrogen) atoms. The molecule has 0 amide bonds. The van der Waals surface area contributed by atoms with Crippen molar-refractivity contribution >= 4 is 5.97 Å². The van der Waals surface area contributed by atoms with Crippen molar-refractivity contribution < 1.29 is 9.53 Å². The van der Waals surface area contributed by atoms with E-state index in [1.54, 1.807) is 0 Å². The highest BCUT2D eigenvalue weighted by atomic mass is 16.5. The van der Waals surface area contributed by atoms with Gasteiger partial charge in [0, 0.05) is 6.08 Å². The van der Waals surface area contributed by atoms with Crippen LogP contribution in [-0.2, 0) is 9.53 Å². The summed E-state index contributed by atoms with van der Waals surface area (Å²) in [7, 11) is 0. The number of carbonyl (C=O) groups excluding carboxylic acids is 1. The van der Waals surface area contributed by atoms with E-state index in [0.29, 0.717) is 0 Å². The third-order valence-corrected chi connectivity index (χ3v) is 3.46. The molecule has 0 heterocycles. The highest BCUT2D eigenvalue weighted by molar-refractivity contribution is 5.81. The summed E-state index contributed by atoms with van der Waals surface area (Å²) in [5.74, 6) is 0.597. The summed E-state index contributed by atoms with van der Waals surface area (Å²) in [6, 6.07) is 0. The molecule has 0 spiro atoms. The highest BCUT2D eigenvalue weighted by Gasteiger charge is 2.22. The van der Waals surface area contributed by atoms with Crippen LogP contribution in [-0.4, -0.2) is 12.1 Å². The maximum absolute atomic E-state index is 11.0. The lowest BCUT2D eigenvalue weighted by Crippen LogP contribution is -2.23. The van der Waals surface area contributed by atoms with Gasteiger partial charge >= 0.3 is 5.97 Å². The Bertz CT molecular complexity index is 215. The molecule has 1 saturated carbocycles. The Kier molecular flexibility index (Phi) is 6.20. The number of hydrogen-bond acceptors (Lipinski definition) is 2. The second-order valence-electron chi connectivity index (χ2n) is 4.78. The van der Waals surface area contributed by atoms with Crippen LogP contribution >= 0.6 is 0 Å². The van der Waals surface area contributed by atoms with Gasteiger partial charge in [0.1, 0.15) is 6.10 Å². The van der Waals surface area contributed by atoms with Gasteiger partial charge in [-0.15, -0.1) is 0 Å². The van der Waals surface area contributed by atoms with Crippen LogP contribution in [0.2, 0.25) is 0 Å². The van der Waals surface area contributed by atoms with Crippen molar-refractivity contribution in [1.29, 1.82) is 0 Å². The minimum Gasteiger partial charge on any atom is -0.459 e. The predicted molar refractivity (Wildman–Crippen MR) is 66.2 cm³/mol. The summed E-state index contributed by atoms with van der Waals surface area (Å²) in [5.41, 5.74) is 0. The Labute approximate surface area is 99.1 Å². The first-order valence-corrected chi connectivity index (χ1v) is 6.59. The SMILES string of the molecule is C=CC(=O)OC1CCC(CCCCC)CC1. The number of esters is 1. The van der Waals surface area contributed by atoms with Gasteiger partial charge in [-0.25, -0.2) is 4.79 Å². The molecule has 1 aliphatic rings.